The van der Waals surface area contributed by atoms with E-state index in [1.165, 1.54) is 0 Å². The molecule has 38 heavy (non-hydrogen) atoms. The van der Waals surface area contributed by atoms with E-state index in [9.17, 15) is 4.79 Å². The van der Waals surface area contributed by atoms with Gasteiger partial charge < -0.3 is 15.0 Å². The number of hydrogen-bond acceptors (Lipinski definition) is 4. The molecule has 0 aliphatic rings. The maximum atomic E-state index is 12.5. The molecule has 0 aliphatic carbocycles. The standard InChI is InChI=1S/C31H23ClN4O2/c32-22-7-5-8-23(18-22)35-31(37)38-19-20-15-21(27-13-6-14-33-27)17-24(16-20)34-30-25-9-1-3-11-28(25)36-29-12-4-2-10-26(29)30/h1-18,33H,19H2,(H,34,36)(H,35,37). The van der Waals surface area contributed by atoms with Gasteiger partial charge in [0.25, 0.3) is 0 Å². The molecular formula is C31H23ClN4O2. The third-order valence-electron chi connectivity index (χ3n) is 6.20. The molecule has 1 amide bonds. The van der Waals surface area contributed by atoms with Crippen molar-refractivity contribution in [1.82, 2.24) is 9.97 Å². The Labute approximate surface area is 224 Å². The smallest absolute Gasteiger partial charge is 0.411 e. The van der Waals surface area contributed by atoms with Gasteiger partial charge in [-0.15, -0.1) is 0 Å². The molecule has 2 aromatic heterocycles. The lowest BCUT2D eigenvalue weighted by molar-refractivity contribution is 0.155. The number of aromatic nitrogens is 2. The van der Waals surface area contributed by atoms with Crippen LogP contribution in [0.25, 0.3) is 33.1 Å². The zero-order valence-electron chi connectivity index (χ0n) is 20.2. The Morgan fingerprint density at radius 2 is 1.58 bits per heavy atom. The maximum absolute atomic E-state index is 12.5. The van der Waals surface area contributed by atoms with E-state index in [4.69, 9.17) is 21.3 Å². The van der Waals surface area contributed by atoms with Gasteiger partial charge in [0, 0.05) is 44.6 Å². The van der Waals surface area contributed by atoms with Crippen molar-refractivity contribution in [2.75, 3.05) is 10.6 Å². The lowest BCUT2D eigenvalue weighted by atomic mass is 10.0. The zero-order valence-corrected chi connectivity index (χ0v) is 21.0. The van der Waals surface area contributed by atoms with Crippen LogP contribution in [-0.2, 0) is 11.3 Å². The molecule has 0 saturated carbocycles. The Hall–Kier alpha value is -4.81. The first-order valence-corrected chi connectivity index (χ1v) is 12.5. The van der Waals surface area contributed by atoms with Crippen LogP contribution in [0.5, 0.6) is 0 Å². The topological polar surface area (TPSA) is 79.0 Å². The van der Waals surface area contributed by atoms with Crippen molar-refractivity contribution in [2.24, 2.45) is 0 Å². The number of carbonyl (C=O) groups is 1. The number of nitrogens with one attached hydrogen (secondary N) is 3. The molecule has 7 heteroatoms. The van der Waals surface area contributed by atoms with Crippen LogP contribution in [0.1, 0.15) is 5.56 Å². The van der Waals surface area contributed by atoms with Crippen LogP contribution in [0.2, 0.25) is 5.02 Å². The zero-order chi connectivity index (χ0) is 25.9. The summed E-state index contributed by atoms with van der Waals surface area (Å²) in [5, 5.41) is 8.94. The number of pyridine rings is 1. The fourth-order valence-corrected chi connectivity index (χ4v) is 4.69. The van der Waals surface area contributed by atoms with Crippen molar-refractivity contribution < 1.29 is 9.53 Å². The predicted octanol–water partition coefficient (Wildman–Crippen LogP) is 8.53. The summed E-state index contributed by atoms with van der Waals surface area (Å²) in [5.74, 6) is 0. The van der Waals surface area contributed by atoms with Gasteiger partial charge in [0.2, 0.25) is 0 Å². The molecule has 0 atom stereocenters. The maximum Gasteiger partial charge on any atom is 0.411 e. The summed E-state index contributed by atoms with van der Waals surface area (Å²) < 4.78 is 5.55. The SMILES string of the molecule is O=C(Nc1cccc(Cl)c1)OCc1cc(Nc2c3ccccc3nc3ccccc23)cc(-c2ccc[nH]2)c1. The van der Waals surface area contributed by atoms with Crippen LogP contribution in [-0.4, -0.2) is 16.1 Å². The molecule has 0 radical (unpaired) electrons. The Balaban J connectivity index is 1.34. The molecule has 0 fully saturated rings. The number of hydrogen-bond donors (Lipinski definition) is 3. The van der Waals surface area contributed by atoms with Crippen LogP contribution >= 0.6 is 11.6 Å². The highest BCUT2D eigenvalue weighted by Crippen LogP contribution is 2.34. The highest BCUT2D eigenvalue weighted by Gasteiger charge is 2.12. The largest absolute Gasteiger partial charge is 0.444 e. The third kappa shape index (κ3) is 5.03. The summed E-state index contributed by atoms with van der Waals surface area (Å²) in [6.07, 6.45) is 1.33. The molecule has 0 aliphatic heterocycles. The lowest BCUT2D eigenvalue weighted by Crippen LogP contribution is -2.13. The highest BCUT2D eigenvalue weighted by atomic mass is 35.5. The Kier molecular flexibility index (Phi) is 6.38. The van der Waals surface area contributed by atoms with Crippen molar-refractivity contribution >= 4 is 56.6 Å². The molecule has 4 aromatic carbocycles. The molecule has 0 bridgehead atoms. The van der Waals surface area contributed by atoms with Gasteiger partial charge in [-0.3, -0.25) is 5.32 Å². The second-order valence-corrected chi connectivity index (χ2v) is 9.30. The lowest BCUT2D eigenvalue weighted by Gasteiger charge is -2.16. The van der Waals surface area contributed by atoms with Gasteiger partial charge in [0.1, 0.15) is 6.61 Å². The fraction of sp³-hybridized carbons (Fsp3) is 0.0323. The number of benzene rings is 4. The first kappa shape index (κ1) is 23.6. The molecule has 6 nitrogen and oxygen atoms in total. The second-order valence-electron chi connectivity index (χ2n) is 8.86. The molecule has 0 spiro atoms. The van der Waals surface area contributed by atoms with Crippen molar-refractivity contribution in [2.45, 2.75) is 6.61 Å². The second kappa shape index (κ2) is 10.3. The number of amides is 1. The van der Waals surface area contributed by atoms with E-state index in [-0.39, 0.29) is 6.61 Å². The summed E-state index contributed by atoms with van der Waals surface area (Å²) in [5.41, 5.74) is 7.00. The van der Waals surface area contributed by atoms with Crippen LogP contribution in [0.15, 0.2) is 109 Å². The first-order chi connectivity index (χ1) is 18.6. The molecule has 6 aromatic rings. The van der Waals surface area contributed by atoms with Gasteiger partial charge in [0.05, 0.1) is 16.7 Å². The van der Waals surface area contributed by atoms with Gasteiger partial charge in [-0.1, -0.05) is 54.1 Å². The summed E-state index contributed by atoms with van der Waals surface area (Å²) in [6.45, 7) is 0.0907. The van der Waals surface area contributed by atoms with Crippen LogP contribution < -0.4 is 10.6 Å². The van der Waals surface area contributed by atoms with Gasteiger partial charge in [0.15, 0.2) is 0 Å². The highest BCUT2D eigenvalue weighted by molar-refractivity contribution is 6.30. The quantitative estimate of drug-likeness (QED) is 0.193. The number of rotatable bonds is 6. The molecule has 6 rings (SSSR count). The number of halogens is 1. The van der Waals surface area contributed by atoms with Crippen molar-refractivity contribution in [3.8, 4) is 11.3 Å². The molecule has 3 N–H and O–H groups in total. The first-order valence-electron chi connectivity index (χ1n) is 12.1. The third-order valence-corrected chi connectivity index (χ3v) is 6.43. The van der Waals surface area contributed by atoms with Gasteiger partial charge in [-0.05, 0) is 66.2 Å². The molecular weight excluding hydrogens is 496 g/mol. The predicted molar refractivity (Wildman–Crippen MR) is 154 cm³/mol. The fourth-order valence-electron chi connectivity index (χ4n) is 4.50. The number of fused-ring (bicyclic) bond motifs is 2. The molecule has 2 heterocycles. The van der Waals surface area contributed by atoms with E-state index in [1.54, 1.807) is 24.3 Å². The minimum absolute atomic E-state index is 0.0907. The van der Waals surface area contributed by atoms with Crippen molar-refractivity contribution in [3.05, 3.63) is 120 Å². The average molecular weight is 519 g/mol. The summed E-state index contributed by atoms with van der Waals surface area (Å²) in [6, 6.07) is 33.1. The van der Waals surface area contributed by atoms with E-state index < -0.39 is 6.09 Å². The van der Waals surface area contributed by atoms with Crippen molar-refractivity contribution in [1.29, 1.82) is 0 Å². The van der Waals surface area contributed by atoms with E-state index in [2.05, 4.69) is 33.8 Å². The number of nitrogens with zero attached hydrogens (tertiary/aromatic N) is 1. The molecule has 0 unspecified atom stereocenters. The molecule has 0 saturated heterocycles. The van der Waals surface area contributed by atoms with Crippen LogP contribution in [0, 0.1) is 0 Å². The Bertz CT molecular complexity index is 1710. The number of aromatic amines is 1. The Morgan fingerprint density at radius 3 is 2.29 bits per heavy atom. The van der Waals surface area contributed by atoms with E-state index in [0.29, 0.717) is 10.7 Å². The number of ether oxygens (including phenoxy) is 1. The van der Waals surface area contributed by atoms with Gasteiger partial charge in [-0.25, -0.2) is 9.78 Å². The van der Waals surface area contributed by atoms with Crippen LogP contribution in [0.3, 0.4) is 0 Å². The summed E-state index contributed by atoms with van der Waals surface area (Å²) in [7, 11) is 0. The monoisotopic (exact) mass is 518 g/mol. The van der Waals surface area contributed by atoms with Gasteiger partial charge >= 0.3 is 6.09 Å². The summed E-state index contributed by atoms with van der Waals surface area (Å²) in [4.78, 5) is 20.6. The minimum Gasteiger partial charge on any atom is -0.444 e. The van der Waals surface area contributed by atoms with Crippen molar-refractivity contribution in [3.63, 3.8) is 0 Å². The van der Waals surface area contributed by atoms with E-state index in [0.717, 1.165) is 50.0 Å². The van der Waals surface area contributed by atoms with E-state index >= 15 is 0 Å². The minimum atomic E-state index is -0.557. The van der Waals surface area contributed by atoms with Gasteiger partial charge in [-0.2, -0.15) is 0 Å². The number of anilines is 3. The molecule has 186 valence electrons. The van der Waals surface area contributed by atoms with E-state index in [1.807, 2.05) is 66.9 Å². The normalized spacial score (nSPS) is 11.0. The Morgan fingerprint density at radius 1 is 0.816 bits per heavy atom. The number of carbonyl (C=O) groups excluding carboxylic acids is 1. The summed E-state index contributed by atoms with van der Waals surface area (Å²) >= 11 is 6.02. The van der Waals surface area contributed by atoms with Crippen LogP contribution in [0.4, 0.5) is 21.9 Å². The average Bonchev–Trinajstić information content (AvgIpc) is 3.47. The number of para-hydroxylation sites is 2. The number of H-pyrrole nitrogens is 1.